The summed E-state index contributed by atoms with van der Waals surface area (Å²) in [4.78, 5) is 4.05. The summed E-state index contributed by atoms with van der Waals surface area (Å²) in [6.45, 7) is 3.51. The summed E-state index contributed by atoms with van der Waals surface area (Å²) in [5.41, 5.74) is 2.22. The van der Waals surface area contributed by atoms with Crippen LogP contribution in [0.1, 0.15) is 17.0 Å². The second-order valence-corrected chi connectivity index (χ2v) is 6.06. The number of nitrogens with one attached hydrogen (secondary N) is 2. The number of hydrogen-bond donors (Lipinski definition) is 2. The highest BCUT2D eigenvalue weighted by Gasteiger charge is 2.20. The van der Waals surface area contributed by atoms with Crippen molar-refractivity contribution in [3.63, 3.8) is 0 Å². The Bertz CT molecular complexity index is 672. The molecule has 0 radical (unpaired) electrons. The second-order valence-electron chi connectivity index (χ2n) is 4.36. The van der Waals surface area contributed by atoms with E-state index in [2.05, 4.69) is 24.7 Å². The van der Waals surface area contributed by atoms with Crippen molar-refractivity contribution in [2.24, 2.45) is 0 Å². The minimum atomic E-state index is -3.62. The first-order valence-electron chi connectivity index (χ1n) is 5.98. The molecule has 0 atom stereocenters. The lowest BCUT2D eigenvalue weighted by Gasteiger charge is -2.13. The van der Waals surface area contributed by atoms with E-state index in [0.29, 0.717) is 11.1 Å². The first kappa shape index (κ1) is 14.5. The van der Waals surface area contributed by atoms with Gasteiger partial charge in [0.1, 0.15) is 0 Å². The molecule has 0 fully saturated rings. The van der Waals surface area contributed by atoms with Gasteiger partial charge in [-0.3, -0.25) is 0 Å². The zero-order valence-electron chi connectivity index (χ0n) is 11.5. The van der Waals surface area contributed by atoms with Gasteiger partial charge >= 0.3 is 0 Å². The van der Waals surface area contributed by atoms with Crippen LogP contribution in [0.2, 0.25) is 0 Å². The van der Waals surface area contributed by atoms with Crippen LogP contribution in [0.15, 0.2) is 27.9 Å². The van der Waals surface area contributed by atoms with Gasteiger partial charge in [0.2, 0.25) is 16.4 Å². The molecule has 20 heavy (non-hydrogen) atoms. The lowest BCUT2D eigenvalue weighted by molar-refractivity contribution is 0.409. The summed E-state index contributed by atoms with van der Waals surface area (Å²) < 4.78 is 31.7. The van der Waals surface area contributed by atoms with E-state index < -0.39 is 10.0 Å². The predicted molar refractivity (Wildman–Crippen MR) is 73.8 cm³/mol. The maximum absolute atomic E-state index is 12.4. The highest BCUT2D eigenvalue weighted by Crippen LogP contribution is 2.24. The van der Waals surface area contributed by atoms with Crippen molar-refractivity contribution in [3.8, 4) is 0 Å². The number of hydrogen-bond acceptors (Lipinski definition) is 6. The summed E-state index contributed by atoms with van der Waals surface area (Å²) >= 11 is 0. The number of nitrogens with zero attached hydrogens (tertiary/aromatic N) is 2. The molecule has 0 aliphatic carbocycles. The third-order valence-corrected chi connectivity index (χ3v) is 4.55. The summed E-state index contributed by atoms with van der Waals surface area (Å²) in [6.07, 6.45) is 1.15. The lowest BCUT2D eigenvalue weighted by Crippen LogP contribution is -2.25. The molecule has 0 bridgehead atoms. The van der Waals surface area contributed by atoms with Crippen LogP contribution >= 0.6 is 0 Å². The van der Waals surface area contributed by atoms with E-state index in [4.69, 9.17) is 0 Å². The maximum atomic E-state index is 12.4. The van der Waals surface area contributed by atoms with Gasteiger partial charge in [-0.15, -0.1) is 0 Å². The Kier molecular flexibility index (Phi) is 4.05. The van der Waals surface area contributed by atoms with Gasteiger partial charge in [0.25, 0.3) is 0 Å². The Hall–Kier alpha value is -1.93. The zero-order valence-corrected chi connectivity index (χ0v) is 12.3. The van der Waals surface area contributed by atoms with Gasteiger partial charge in [-0.2, -0.15) is 4.98 Å². The molecule has 108 valence electrons. The van der Waals surface area contributed by atoms with Crippen LogP contribution in [0.3, 0.4) is 0 Å². The molecular formula is C12H16N4O3S. The highest BCUT2D eigenvalue weighted by atomic mass is 32.2. The Morgan fingerprint density at radius 1 is 1.25 bits per heavy atom. The van der Waals surface area contributed by atoms with Crippen molar-refractivity contribution in [1.82, 2.24) is 14.9 Å². The largest absolute Gasteiger partial charge is 0.388 e. The predicted octanol–water partition coefficient (Wildman–Crippen LogP) is 1.21. The van der Waals surface area contributed by atoms with E-state index in [-0.39, 0.29) is 17.3 Å². The van der Waals surface area contributed by atoms with E-state index in [0.717, 1.165) is 12.1 Å². The Labute approximate surface area is 117 Å². The highest BCUT2D eigenvalue weighted by molar-refractivity contribution is 7.89. The summed E-state index contributed by atoms with van der Waals surface area (Å²) in [5.74, 6) is 0.288. The molecule has 0 spiro atoms. The number of aromatic nitrogens is 2. The molecule has 2 aromatic rings. The molecular weight excluding hydrogens is 280 g/mol. The molecule has 1 heterocycles. The van der Waals surface area contributed by atoms with E-state index >= 15 is 0 Å². The van der Waals surface area contributed by atoms with Crippen molar-refractivity contribution in [3.05, 3.63) is 35.5 Å². The van der Waals surface area contributed by atoms with Crippen molar-refractivity contribution in [2.45, 2.75) is 25.3 Å². The molecule has 8 heteroatoms. The molecule has 0 aliphatic heterocycles. The van der Waals surface area contributed by atoms with Crippen molar-refractivity contribution < 1.29 is 12.9 Å². The summed E-state index contributed by atoms with van der Waals surface area (Å²) in [6, 6.07) is 3.58. The molecule has 0 amide bonds. The third-order valence-electron chi connectivity index (χ3n) is 2.84. The molecule has 0 saturated heterocycles. The zero-order chi connectivity index (χ0) is 14.8. The van der Waals surface area contributed by atoms with Crippen LogP contribution < -0.4 is 10.0 Å². The van der Waals surface area contributed by atoms with Gasteiger partial charge in [0.05, 0.1) is 11.4 Å². The summed E-state index contributed by atoms with van der Waals surface area (Å²) in [7, 11) is -1.83. The minimum Gasteiger partial charge on any atom is -0.388 e. The fourth-order valence-corrected chi connectivity index (χ4v) is 3.45. The van der Waals surface area contributed by atoms with Crippen LogP contribution in [-0.4, -0.2) is 25.6 Å². The fourth-order valence-electron chi connectivity index (χ4n) is 2.02. The smallest absolute Gasteiger partial charge is 0.241 e. The second kappa shape index (κ2) is 5.59. The van der Waals surface area contributed by atoms with E-state index in [1.54, 1.807) is 33.0 Å². The average Bonchev–Trinajstić information content (AvgIpc) is 2.88. The first-order valence-corrected chi connectivity index (χ1v) is 7.46. The molecule has 1 aromatic heterocycles. The molecule has 2 N–H and O–H groups in total. The number of benzene rings is 1. The Morgan fingerprint density at radius 2 is 1.90 bits per heavy atom. The quantitative estimate of drug-likeness (QED) is 0.860. The molecule has 0 unspecified atom stereocenters. The molecule has 2 rings (SSSR count). The van der Waals surface area contributed by atoms with E-state index in [1.165, 1.54) is 0 Å². The monoisotopic (exact) mass is 296 g/mol. The van der Waals surface area contributed by atoms with Crippen LogP contribution in [0, 0.1) is 13.8 Å². The van der Waals surface area contributed by atoms with Gasteiger partial charge in [0.15, 0.2) is 5.82 Å². The van der Waals surface area contributed by atoms with E-state index in [9.17, 15) is 8.42 Å². The molecule has 1 aromatic carbocycles. The fraction of sp³-hybridized carbons (Fsp3) is 0.333. The number of aryl methyl sites for hydroxylation is 2. The minimum absolute atomic E-state index is 0.00844. The molecule has 0 saturated carbocycles. The van der Waals surface area contributed by atoms with Gasteiger partial charge in [-0.1, -0.05) is 5.16 Å². The van der Waals surface area contributed by atoms with Crippen molar-refractivity contribution in [2.75, 3.05) is 12.4 Å². The first-order chi connectivity index (χ1) is 9.44. The van der Waals surface area contributed by atoms with Crippen LogP contribution in [0.5, 0.6) is 0 Å². The van der Waals surface area contributed by atoms with Crippen LogP contribution in [-0.2, 0) is 16.6 Å². The van der Waals surface area contributed by atoms with Gasteiger partial charge in [0, 0.05) is 12.7 Å². The number of rotatable bonds is 5. The van der Waals surface area contributed by atoms with Gasteiger partial charge < -0.3 is 9.84 Å². The van der Waals surface area contributed by atoms with Crippen LogP contribution in [0.25, 0.3) is 0 Å². The number of anilines is 1. The number of sulfonamides is 1. The molecule has 0 aliphatic rings. The van der Waals surface area contributed by atoms with Crippen LogP contribution in [0.4, 0.5) is 5.69 Å². The van der Waals surface area contributed by atoms with Crippen molar-refractivity contribution >= 4 is 15.7 Å². The maximum Gasteiger partial charge on any atom is 0.241 e. The SMILES string of the molecule is CNc1cc(C)c(S(=O)(=O)NCc2ncon2)c(C)c1. The normalized spacial score (nSPS) is 11.6. The Balaban J connectivity index is 2.29. The topological polar surface area (TPSA) is 97.1 Å². The van der Waals surface area contributed by atoms with Gasteiger partial charge in [-0.05, 0) is 37.1 Å². The standard InChI is InChI=1S/C12H16N4O3S/c1-8-4-10(13-3)5-9(2)12(8)20(17,18)15-6-11-14-7-19-16-11/h4-5,7,13,15H,6H2,1-3H3. The Morgan fingerprint density at radius 3 is 2.40 bits per heavy atom. The average molecular weight is 296 g/mol. The van der Waals surface area contributed by atoms with E-state index in [1.807, 2.05) is 0 Å². The summed E-state index contributed by atoms with van der Waals surface area (Å²) in [5, 5.41) is 6.56. The van der Waals surface area contributed by atoms with Gasteiger partial charge in [-0.25, -0.2) is 13.1 Å². The van der Waals surface area contributed by atoms with Crippen molar-refractivity contribution in [1.29, 1.82) is 0 Å². The lowest BCUT2D eigenvalue weighted by atomic mass is 10.1. The third kappa shape index (κ3) is 2.97. The molecule has 7 nitrogen and oxygen atoms in total.